The number of rotatable bonds is 6. The van der Waals surface area contributed by atoms with E-state index in [0.29, 0.717) is 12.4 Å². The number of aromatic nitrogens is 3. The number of benzene rings is 1. The van der Waals surface area contributed by atoms with E-state index in [1.54, 1.807) is 23.7 Å². The molecule has 3 aromatic heterocycles. The van der Waals surface area contributed by atoms with Gasteiger partial charge in [0.15, 0.2) is 5.82 Å². The Morgan fingerprint density at radius 1 is 1.06 bits per heavy atom. The van der Waals surface area contributed by atoms with Crippen LogP contribution >= 0.6 is 11.3 Å². The van der Waals surface area contributed by atoms with Gasteiger partial charge in [-0.2, -0.15) is 0 Å². The zero-order valence-corrected chi connectivity index (χ0v) is 22.9. The van der Waals surface area contributed by atoms with Gasteiger partial charge in [-0.15, -0.1) is 16.9 Å². The molecule has 0 unspecified atom stereocenters. The molecule has 0 aliphatic carbocycles. The van der Waals surface area contributed by atoms with E-state index in [2.05, 4.69) is 73.1 Å². The Morgan fingerprint density at radius 2 is 1.77 bits per heavy atom. The van der Waals surface area contributed by atoms with Crippen molar-refractivity contribution in [2.24, 2.45) is 5.73 Å². The standard InChI is InChI=1S/C28H33N5SSi/c1-28(2,3)35(4,5)16-13-22-19-34-25-24(22)32-26(21-11-14-30-15-12-21)33-27(25)31-18-23(29)17-20-9-7-6-8-10-20/h6-12,14-15,19,23H,17-18,29H2,1-5H3,(H,31,32,33)/t23-/m0/s1. The molecule has 180 valence electrons. The van der Waals surface area contributed by atoms with Crippen LogP contribution in [0.15, 0.2) is 60.2 Å². The van der Waals surface area contributed by atoms with Crippen LogP contribution in [0, 0.1) is 11.5 Å². The highest BCUT2D eigenvalue weighted by Crippen LogP contribution is 2.36. The Labute approximate surface area is 213 Å². The summed E-state index contributed by atoms with van der Waals surface area (Å²) in [5.74, 6) is 4.95. The molecule has 4 aromatic rings. The first-order chi connectivity index (χ1) is 16.6. The third kappa shape index (κ3) is 5.96. The van der Waals surface area contributed by atoms with Crippen molar-refractivity contribution in [3.05, 3.63) is 71.4 Å². The molecule has 3 heterocycles. The van der Waals surface area contributed by atoms with E-state index in [1.165, 1.54) is 5.56 Å². The van der Waals surface area contributed by atoms with Crippen LogP contribution in [0.25, 0.3) is 21.6 Å². The van der Waals surface area contributed by atoms with Gasteiger partial charge in [-0.05, 0) is 29.2 Å². The Balaban J connectivity index is 1.69. The normalized spacial score (nSPS) is 12.7. The van der Waals surface area contributed by atoms with Crippen LogP contribution in [0.2, 0.25) is 18.1 Å². The number of thiophene rings is 1. The van der Waals surface area contributed by atoms with Crippen LogP contribution in [0.5, 0.6) is 0 Å². The van der Waals surface area contributed by atoms with Gasteiger partial charge in [0.1, 0.15) is 19.4 Å². The Kier molecular flexibility index (Phi) is 7.36. The maximum absolute atomic E-state index is 6.46. The second-order valence-corrected chi connectivity index (χ2v) is 16.3. The quantitative estimate of drug-likeness (QED) is 0.246. The number of fused-ring (bicyclic) bond motifs is 1. The van der Waals surface area contributed by atoms with Crippen molar-refractivity contribution in [2.75, 3.05) is 11.9 Å². The predicted molar refractivity (Wildman–Crippen MR) is 151 cm³/mol. The average molecular weight is 500 g/mol. The Bertz CT molecular complexity index is 1350. The maximum atomic E-state index is 6.46. The highest BCUT2D eigenvalue weighted by atomic mass is 32.1. The molecule has 0 fully saturated rings. The van der Waals surface area contributed by atoms with Gasteiger partial charge >= 0.3 is 0 Å². The van der Waals surface area contributed by atoms with Crippen molar-refractivity contribution >= 4 is 35.4 Å². The highest BCUT2D eigenvalue weighted by Gasteiger charge is 2.33. The first kappa shape index (κ1) is 25.1. The summed E-state index contributed by atoms with van der Waals surface area (Å²) in [6.07, 6.45) is 4.32. The van der Waals surface area contributed by atoms with E-state index in [9.17, 15) is 0 Å². The predicted octanol–water partition coefficient (Wildman–Crippen LogP) is 6.13. The van der Waals surface area contributed by atoms with Crippen LogP contribution in [0.1, 0.15) is 31.9 Å². The van der Waals surface area contributed by atoms with Crippen molar-refractivity contribution in [1.29, 1.82) is 0 Å². The minimum atomic E-state index is -1.75. The number of nitrogens with two attached hydrogens (primary N) is 1. The molecular formula is C28H33N5SSi. The van der Waals surface area contributed by atoms with Gasteiger partial charge in [0.25, 0.3) is 0 Å². The number of pyridine rings is 1. The summed E-state index contributed by atoms with van der Waals surface area (Å²) < 4.78 is 1.01. The number of anilines is 1. The molecule has 4 rings (SSSR count). The van der Waals surface area contributed by atoms with E-state index >= 15 is 0 Å². The van der Waals surface area contributed by atoms with Crippen LogP contribution < -0.4 is 11.1 Å². The largest absolute Gasteiger partial charge is 0.367 e. The zero-order valence-electron chi connectivity index (χ0n) is 21.1. The van der Waals surface area contributed by atoms with E-state index in [4.69, 9.17) is 15.7 Å². The summed E-state index contributed by atoms with van der Waals surface area (Å²) in [5.41, 5.74) is 14.1. The van der Waals surface area contributed by atoms with Crippen molar-refractivity contribution < 1.29 is 0 Å². The molecule has 0 amide bonds. The van der Waals surface area contributed by atoms with E-state index in [-0.39, 0.29) is 11.1 Å². The third-order valence-corrected chi connectivity index (χ3v) is 12.1. The lowest BCUT2D eigenvalue weighted by molar-refractivity contribution is 0.698. The van der Waals surface area contributed by atoms with Gasteiger partial charge in [0, 0.05) is 35.9 Å². The van der Waals surface area contributed by atoms with E-state index < -0.39 is 8.07 Å². The molecule has 0 bridgehead atoms. The van der Waals surface area contributed by atoms with Crippen LogP contribution in [0.4, 0.5) is 5.82 Å². The second kappa shape index (κ2) is 10.3. The lowest BCUT2D eigenvalue weighted by Gasteiger charge is -2.31. The smallest absolute Gasteiger partial charge is 0.162 e. The van der Waals surface area contributed by atoms with Gasteiger partial charge in [0.05, 0.1) is 10.3 Å². The fraction of sp³-hybridized carbons (Fsp3) is 0.321. The van der Waals surface area contributed by atoms with Crippen LogP contribution in [0.3, 0.4) is 0 Å². The first-order valence-corrected chi connectivity index (χ1v) is 15.8. The molecule has 35 heavy (non-hydrogen) atoms. The molecule has 0 saturated carbocycles. The molecule has 3 N–H and O–H groups in total. The first-order valence-electron chi connectivity index (χ1n) is 11.9. The van der Waals surface area contributed by atoms with Gasteiger partial charge in [-0.3, -0.25) is 4.98 Å². The summed E-state index contributed by atoms with van der Waals surface area (Å²) in [6.45, 7) is 12.1. The summed E-state index contributed by atoms with van der Waals surface area (Å²) >= 11 is 1.63. The van der Waals surface area contributed by atoms with Gasteiger partial charge in [0.2, 0.25) is 0 Å². The van der Waals surface area contributed by atoms with Gasteiger partial charge in [-0.1, -0.05) is 70.1 Å². The van der Waals surface area contributed by atoms with Crippen LogP contribution in [-0.2, 0) is 6.42 Å². The summed E-state index contributed by atoms with van der Waals surface area (Å²) in [7, 11) is -1.75. The van der Waals surface area contributed by atoms with E-state index in [1.807, 2.05) is 30.3 Å². The summed E-state index contributed by atoms with van der Waals surface area (Å²) in [6, 6.07) is 14.1. The topological polar surface area (TPSA) is 76.7 Å². The minimum Gasteiger partial charge on any atom is -0.367 e. The zero-order chi connectivity index (χ0) is 25.1. The summed E-state index contributed by atoms with van der Waals surface area (Å²) in [4.78, 5) is 14.0. The number of nitrogens with zero attached hydrogens (tertiary/aromatic N) is 3. The molecule has 1 atom stereocenters. The lowest BCUT2D eigenvalue weighted by atomic mass is 10.1. The molecule has 0 aliphatic rings. The fourth-order valence-corrected chi connectivity index (χ4v) is 5.11. The lowest BCUT2D eigenvalue weighted by Crippen LogP contribution is -2.35. The molecule has 5 nitrogen and oxygen atoms in total. The van der Waals surface area contributed by atoms with E-state index in [0.717, 1.165) is 33.6 Å². The Morgan fingerprint density at radius 3 is 2.46 bits per heavy atom. The molecule has 0 aliphatic heterocycles. The Hall–Kier alpha value is -3.05. The number of hydrogen-bond donors (Lipinski definition) is 2. The van der Waals surface area contributed by atoms with Gasteiger partial charge < -0.3 is 11.1 Å². The fourth-order valence-electron chi connectivity index (χ4n) is 3.38. The minimum absolute atomic E-state index is 0.0374. The van der Waals surface area contributed by atoms with Crippen molar-refractivity contribution in [3.8, 4) is 22.9 Å². The molecule has 1 aromatic carbocycles. The maximum Gasteiger partial charge on any atom is 0.162 e. The molecule has 0 saturated heterocycles. The highest BCUT2D eigenvalue weighted by molar-refractivity contribution is 7.18. The third-order valence-electron chi connectivity index (χ3n) is 6.61. The van der Waals surface area contributed by atoms with Crippen molar-refractivity contribution in [1.82, 2.24) is 15.0 Å². The number of nitrogens with one attached hydrogen (secondary N) is 1. The molecule has 0 spiro atoms. The second-order valence-electron chi connectivity index (χ2n) is 10.4. The SMILES string of the molecule is CC(C)(C)[Si](C)(C)C#Cc1csc2c(NC[C@@H](N)Cc3ccccc3)nc(-c3ccncc3)nc12. The molecular weight excluding hydrogens is 466 g/mol. The van der Waals surface area contributed by atoms with Crippen molar-refractivity contribution in [3.63, 3.8) is 0 Å². The van der Waals surface area contributed by atoms with Crippen molar-refractivity contribution in [2.45, 2.75) is 51.4 Å². The summed E-state index contributed by atoms with van der Waals surface area (Å²) in [5, 5.41) is 5.81. The molecule has 7 heteroatoms. The van der Waals surface area contributed by atoms with Gasteiger partial charge in [-0.25, -0.2) is 9.97 Å². The van der Waals surface area contributed by atoms with Crippen LogP contribution in [-0.4, -0.2) is 35.6 Å². The molecule has 0 radical (unpaired) electrons. The average Bonchev–Trinajstić information content (AvgIpc) is 3.25. The monoisotopic (exact) mass is 499 g/mol. The number of hydrogen-bond acceptors (Lipinski definition) is 6.